The van der Waals surface area contributed by atoms with Gasteiger partial charge in [0, 0.05) is 17.8 Å². The summed E-state index contributed by atoms with van der Waals surface area (Å²) in [6.45, 7) is 0. The molecule has 0 aliphatic heterocycles. The summed E-state index contributed by atoms with van der Waals surface area (Å²) in [6.07, 6.45) is 5.12. The van der Waals surface area contributed by atoms with Crippen LogP contribution in [-0.2, 0) is 0 Å². The van der Waals surface area contributed by atoms with Gasteiger partial charge in [-0.2, -0.15) is 29.8 Å². The van der Waals surface area contributed by atoms with Crippen LogP contribution >= 0.6 is 11.6 Å². The van der Waals surface area contributed by atoms with E-state index >= 15 is 0 Å². The van der Waals surface area contributed by atoms with Crippen molar-refractivity contribution in [2.75, 3.05) is 0 Å². The highest BCUT2D eigenvalue weighted by atomic mass is 35.5. The molecule has 0 aliphatic carbocycles. The van der Waals surface area contributed by atoms with Crippen LogP contribution in [0.4, 0.5) is 0 Å². The lowest BCUT2D eigenvalue weighted by atomic mass is 10.3. The number of halogens is 1. The Morgan fingerprint density at radius 2 is 1.76 bits per heavy atom. The highest BCUT2D eigenvalue weighted by Gasteiger charge is 2.11. The molecule has 0 N–H and O–H groups in total. The van der Waals surface area contributed by atoms with Crippen molar-refractivity contribution in [1.82, 2.24) is 34.5 Å². The molecular weight excluding hydrogens is 290 g/mol. The van der Waals surface area contributed by atoms with Crippen molar-refractivity contribution in [1.29, 1.82) is 0 Å². The van der Waals surface area contributed by atoms with E-state index in [-0.39, 0.29) is 5.28 Å². The number of hydrogen-bond donors (Lipinski definition) is 0. The molecule has 1 aromatic carbocycles. The van der Waals surface area contributed by atoms with Crippen LogP contribution in [0.25, 0.3) is 22.8 Å². The highest BCUT2D eigenvalue weighted by molar-refractivity contribution is 6.28. The first kappa shape index (κ1) is 12.0. The van der Waals surface area contributed by atoms with Crippen LogP contribution in [0.1, 0.15) is 0 Å². The normalized spacial score (nSPS) is 11.1. The largest absolute Gasteiger partial charge is 0.257 e. The molecule has 0 saturated heterocycles. The van der Waals surface area contributed by atoms with E-state index in [1.165, 1.54) is 4.68 Å². The SMILES string of the molecule is Clc1nc(-n2cccn2)nc(-n2ncc3ccccc32)n1. The summed E-state index contributed by atoms with van der Waals surface area (Å²) in [5, 5.41) is 9.48. The fourth-order valence-electron chi connectivity index (χ4n) is 2.04. The minimum atomic E-state index is 0.0880. The van der Waals surface area contributed by atoms with E-state index in [1.807, 2.05) is 24.3 Å². The van der Waals surface area contributed by atoms with E-state index < -0.39 is 0 Å². The number of aromatic nitrogens is 7. The van der Waals surface area contributed by atoms with E-state index in [4.69, 9.17) is 11.6 Å². The topological polar surface area (TPSA) is 74.3 Å². The molecule has 21 heavy (non-hydrogen) atoms. The molecule has 0 amide bonds. The van der Waals surface area contributed by atoms with Gasteiger partial charge in [-0.1, -0.05) is 18.2 Å². The summed E-state index contributed by atoms with van der Waals surface area (Å²) in [4.78, 5) is 12.6. The van der Waals surface area contributed by atoms with E-state index in [0.29, 0.717) is 11.9 Å². The molecule has 4 aromatic rings. The van der Waals surface area contributed by atoms with Crippen LogP contribution in [0.3, 0.4) is 0 Å². The molecule has 0 bridgehead atoms. The Morgan fingerprint density at radius 3 is 2.62 bits per heavy atom. The smallest absolute Gasteiger partial charge is 0.206 e. The zero-order valence-corrected chi connectivity index (χ0v) is 11.4. The Balaban J connectivity index is 1.93. The average Bonchev–Trinajstić information content (AvgIpc) is 3.16. The minimum Gasteiger partial charge on any atom is -0.206 e. The van der Waals surface area contributed by atoms with Crippen molar-refractivity contribution in [3.05, 3.63) is 54.2 Å². The quantitative estimate of drug-likeness (QED) is 0.566. The summed E-state index contributed by atoms with van der Waals surface area (Å²) < 4.78 is 3.14. The van der Waals surface area contributed by atoms with E-state index in [2.05, 4.69) is 25.1 Å². The number of nitrogens with zero attached hydrogens (tertiary/aromatic N) is 7. The van der Waals surface area contributed by atoms with Gasteiger partial charge in [0.25, 0.3) is 11.9 Å². The maximum Gasteiger partial charge on any atom is 0.257 e. The third kappa shape index (κ3) is 2.03. The fourth-order valence-corrected chi connectivity index (χ4v) is 2.20. The Morgan fingerprint density at radius 1 is 0.905 bits per heavy atom. The Kier molecular flexibility index (Phi) is 2.65. The Bertz CT molecular complexity index is 913. The molecular formula is C13H8ClN7. The van der Waals surface area contributed by atoms with Gasteiger partial charge in [-0.3, -0.25) is 0 Å². The number of para-hydroxylation sites is 1. The second-order valence-electron chi connectivity index (χ2n) is 4.27. The standard InChI is InChI=1S/C13H8ClN7/c14-11-17-12(20-7-3-6-15-20)19-13(18-11)21-10-5-2-1-4-9(10)8-16-21/h1-8H. The number of hydrogen-bond acceptors (Lipinski definition) is 5. The molecule has 0 saturated carbocycles. The third-order valence-electron chi connectivity index (χ3n) is 2.96. The highest BCUT2D eigenvalue weighted by Crippen LogP contribution is 2.17. The number of fused-ring (bicyclic) bond motifs is 1. The van der Waals surface area contributed by atoms with E-state index in [1.54, 1.807) is 29.3 Å². The maximum absolute atomic E-state index is 5.99. The minimum absolute atomic E-state index is 0.0880. The molecule has 0 spiro atoms. The van der Waals surface area contributed by atoms with Crippen LogP contribution in [-0.4, -0.2) is 34.5 Å². The second-order valence-corrected chi connectivity index (χ2v) is 4.61. The molecule has 0 aliphatic rings. The molecule has 0 radical (unpaired) electrons. The molecule has 0 unspecified atom stereocenters. The monoisotopic (exact) mass is 297 g/mol. The van der Waals surface area contributed by atoms with Crippen LogP contribution < -0.4 is 0 Å². The molecule has 7 nitrogen and oxygen atoms in total. The third-order valence-corrected chi connectivity index (χ3v) is 3.13. The van der Waals surface area contributed by atoms with Gasteiger partial charge < -0.3 is 0 Å². The van der Waals surface area contributed by atoms with Crippen LogP contribution in [0.5, 0.6) is 0 Å². The lowest BCUT2D eigenvalue weighted by molar-refractivity contribution is 0.754. The Hall–Kier alpha value is -2.80. The molecule has 3 aromatic heterocycles. The molecule has 0 atom stereocenters. The van der Waals surface area contributed by atoms with Crippen LogP contribution in [0, 0.1) is 0 Å². The van der Waals surface area contributed by atoms with Crippen molar-refractivity contribution >= 4 is 22.5 Å². The maximum atomic E-state index is 5.99. The lowest BCUT2D eigenvalue weighted by Crippen LogP contribution is -2.09. The van der Waals surface area contributed by atoms with E-state index in [0.717, 1.165) is 10.9 Å². The van der Waals surface area contributed by atoms with Gasteiger partial charge in [-0.25, -0.2) is 4.68 Å². The first-order chi connectivity index (χ1) is 10.3. The molecule has 3 heterocycles. The van der Waals surface area contributed by atoms with E-state index in [9.17, 15) is 0 Å². The van der Waals surface area contributed by atoms with Gasteiger partial charge in [-0.15, -0.1) is 0 Å². The molecule has 102 valence electrons. The molecule has 8 heteroatoms. The van der Waals surface area contributed by atoms with Gasteiger partial charge in [0.1, 0.15) is 0 Å². The van der Waals surface area contributed by atoms with Crippen molar-refractivity contribution in [3.63, 3.8) is 0 Å². The number of rotatable bonds is 2. The second kappa shape index (κ2) is 4.64. The number of benzene rings is 1. The predicted molar refractivity (Wildman–Crippen MR) is 76.6 cm³/mol. The van der Waals surface area contributed by atoms with Gasteiger partial charge >= 0.3 is 0 Å². The fraction of sp³-hybridized carbons (Fsp3) is 0. The summed E-state index contributed by atoms with van der Waals surface area (Å²) in [5.41, 5.74) is 0.895. The summed E-state index contributed by atoms with van der Waals surface area (Å²) in [7, 11) is 0. The van der Waals surface area contributed by atoms with Crippen molar-refractivity contribution < 1.29 is 0 Å². The van der Waals surface area contributed by atoms with Crippen molar-refractivity contribution in [2.24, 2.45) is 0 Å². The Labute approximate surface area is 123 Å². The first-order valence-electron chi connectivity index (χ1n) is 6.16. The summed E-state index contributed by atoms with van der Waals surface area (Å²) in [5.74, 6) is 0.691. The zero-order chi connectivity index (χ0) is 14.2. The molecule has 4 rings (SSSR count). The van der Waals surface area contributed by atoms with Crippen molar-refractivity contribution in [2.45, 2.75) is 0 Å². The van der Waals surface area contributed by atoms with Gasteiger partial charge in [-0.05, 0) is 23.7 Å². The van der Waals surface area contributed by atoms with Gasteiger partial charge in [0.05, 0.1) is 11.7 Å². The zero-order valence-electron chi connectivity index (χ0n) is 10.6. The predicted octanol–water partition coefficient (Wildman–Crippen LogP) is 2.05. The lowest BCUT2D eigenvalue weighted by Gasteiger charge is -2.04. The average molecular weight is 298 g/mol. The molecule has 0 fully saturated rings. The van der Waals surface area contributed by atoms with Crippen molar-refractivity contribution in [3.8, 4) is 11.9 Å². The first-order valence-corrected chi connectivity index (χ1v) is 6.54. The summed E-state index contributed by atoms with van der Waals surface area (Å²) >= 11 is 5.99. The van der Waals surface area contributed by atoms with Gasteiger partial charge in [0.2, 0.25) is 5.28 Å². The van der Waals surface area contributed by atoms with Crippen LogP contribution in [0.2, 0.25) is 5.28 Å². The van der Waals surface area contributed by atoms with Crippen LogP contribution in [0.15, 0.2) is 48.9 Å². The summed E-state index contributed by atoms with van der Waals surface area (Å²) in [6, 6.07) is 9.56. The van der Waals surface area contributed by atoms with Gasteiger partial charge in [0.15, 0.2) is 0 Å².